The van der Waals surface area contributed by atoms with E-state index in [4.69, 9.17) is 9.84 Å². The van der Waals surface area contributed by atoms with Crippen LogP contribution in [-0.4, -0.2) is 23.2 Å². The first-order valence-corrected chi connectivity index (χ1v) is 8.40. The normalized spacial score (nSPS) is 11.6. The smallest absolute Gasteiger partial charge is 0.303 e. The fourth-order valence-electron chi connectivity index (χ4n) is 2.42. The molecule has 0 amide bonds. The molecule has 0 aliphatic heterocycles. The van der Waals surface area contributed by atoms with E-state index in [9.17, 15) is 4.79 Å². The van der Waals surface area contributed by atoms with Gasteiger partial charge in [0.15, 0.2) is 0 Å². The van der Waals surface area contributed by atoms with Crippen molar-refractivity contribution in [3.63, 3.8) is 0 Å². The molecule has 0 saturated carbocycles. The van der Waals surface area contributed by atoms with Gasteiger partial charge in [0.05, 0.1) is 17.3 Å². The number of allylic oxidation sites excluding steroid dienone is 1. The van der Waals surface area contributed by atoms with Gasteiger partial charge in [-0.2, -0.15) is 0 Å². The molecule has 0 saturated heterocycles. The summed E-state index contributed by atoms with van der Waals surface area (Å²) in [6, 6.07) is 15.6. The minimum atomic E-state index is -0.812. The fraction of sp³-hybridized carbons (Fsp3) is 0.158. The minimum absolute atomic E-state index is 0.0751. The lowest BCUT2D eigenvalue weighted by atomic mass is 10.1. The number of thiazole rings is 1. The molecule has 0 aliphatic carbocycles. The molecule has 0 spiro atoms. The summed E-state index contributed by atoms with van der Waals surface area (Å²) in [7, 11) is 1.63. The predicted octanol–water partition coefficient (Wildman–Crippen LogP) is 4.71. The van der Waals surface area contributed by atoms with E-state index in [-0.39, 0.29) is 6.42 Å². The van der Waals surface area contributed by atoms with Gasteiger partial charge in [0, 0.05) is 6.42 Å². The zero-order valence-corrected chi connectivity index (χ0v) is 14.0. The number of ether oxygens (including phenoxy) is 1. The summed E-state index contributed by atoms with van der Waals surface area (Å²) in [5.41, 5.74) is 2.82. The first-order chi connectivity index (χ1) is 11.7. The molecule has 1 N–H and O–H groups in total. The Labute approximate surface area is 144 Å². The standard InChI is InChI=1S/C19H17NO3S/c1-23-15-6-4-5-13(12-15)11-14(9-10-18(21)22)19-20-16-7-2-3-8-17(16)24-19/h2-8,11-12H,9-10H2,1H3,(H,21,22). The van der Waals surface area contributed by atoms with Gasteiger partial charge in [0.2, 0.25) is 0 Å². The number of rotatable bonds is 6. The second kappa shape index (κ2) is 7.27. The molecular formula is C19H17NO3S. The zero-order chi connectivity index (χ0) is 16.9. The maximum atomic E-state index is 11.0. The number of carbonyl (C=O) groups is 1. The zero-order valence-electron chi connectivity index (χ0n) is 13.2. The van der Waals surface area contributed by atoms with E-state index in [1.54, 1.807) is 18.4 Å². The molecule has 1 aromatic heterocycles. The highest BCUT2D eigenvalue weighted by Gasteiger charge is 2.11. The Bertz CT molecular complexity index is 865. The topological polar surface area (TPSA) is 59.4 Å². The van der Waals surface area contributed by atoms with Gasteiger partial charge >= 0.3 is 5.97 Å². The maximum Gasteiger partial charge on any atom is 0.303 e. The number of aliphatic carboxylic acids is 1. The first-order valence-electron chi connectivity index (χ1n) is 7.58. The van der Waals surface area contributed by atoms with Gasteiger partial charge in [-0.05, 0) is 47.9 Å². The van der Waals surface area contributed by atoms with Crippen LogP contribution < -0.4 is 4.74 Å². The Morgan fingerprint density at radius 2 is 2.04 bits per heavy atom. The lowest BCUT2D eigenvalue weighted by molar-refractivity contribution is -0.136. The summed E-state index contributed by atoms with van der Waals surface area (Å²) < 4.78 is 6.35. The van der Waals surface area contributed by atoms with Crippen molar-refractivity contribution in [3.8, 4) is 5.75 Å². The van der Waals surface area contributed by atoms with Crippen LogP contribution >= 0.6 is 11.3 Å². The van der Waals surface area contributed by atoms with Crippen LogP contribution in [0.25, 0.3) is 21.9 Å². The lowest BCUT2D eigenvalue weighted by Crippen LogP contribution is -1.95. The molecule has 122 valence electrons. The predicted molar refractivity (Wildman–Crippen MR) is 97.4 cm³/mol. The second-order valence-electron chi connectivity index (χ2n) is 5.33. The van der Waals surface area contributed by atoms with Gasteiger partial charge in [-0.25, -0.2) is 4.98 Å². The van der Waals surface area contributed by atoms with Crippen molar-refractivity contribution in [1.29, 1.82) is 0 Å². The second-order valence-corrected chi connectivity index (χ2v) is 6.36. The Morgan fingerprint density at radius 1 is 1.21 bits per heavy atom. The number of nitrogens with zero attached hydrogens (tertiary/aromatic N) is 1. The van der Waals surface area contributed by atoms with Crippen LogP contribution in [0.1, 0.15) is 23.4 Å². The van der Waals surface area contributed by atoms with Crippen LogP contribution in [0.15, 0.2) is 48.5 Å². The first kappa shape index (κ1) is 16.2. The Kier molecular flexibility index (Phi) is 4.91. The Hall–Kier alpha value is -2.66. The van der Waals surface area contributed by atoms with E-state index in [0.29, 0.717) is 6.42 Å². The van der Waals surface area contributed by atoms with Crippen molar-refractivity contribution in [1.82, 2.24) is 4.98 Å². The van der Waals surface area contributed by atoms with Crippen LogP contribution in [0, 0.1) is 0 Å². The number of carboxylic acids is 1. The molecule has 0 unspecified atom stereocenters. The summed E-state index contributed by atoms with van der Waals surface area (Å²) in [4.78, 5) is 15.7. The Morgan fingerprint density at radius 3 is 2.79 bits per heavy atom. The van der Waals surface area contributed by atoms with Gasteiger partial charge < -0.3 is 9.84 Å². The van der Waals surface area contributed by atoms with Crippen molar-refractivity contribution < 1.29 is 14.6 Å². The molecule has 0 bridgehead atoms. The average Bonchev–Trinajstić information content (AvgIpc) is 3.02. The number of carboxylic acid groups (broad SMARTS) is 1. The van der Waals surface area contributed by atoms with Crippen molar-refractivity contribution in [3.05, 3.63) is 59.1 Å². The molecule has 2 aromatic carbocycles. The highest BCUT2D eigenvalue weighted by Crippen LogP contribution is 2.31. The summed E-state index contributed by atoms with van der Waals surface area (Å²) in [6.07, 6.45) is 2.50. The molecule has 0 radical (unpaired) electrons. The molecule has 0 atom stereocenters. The third kappa shape index (κ3) is 3.81. The van der Waals surface area contributed by atoms with E-state index in [1.165, 1.54) is 0 Å². The van der Waals surface area contributed by atoms with Crippen molar-refractivity contribution in [2.45, 2.75) is 12.8 Å². The maximum absolute atomic E-state index is 11.0. The van der Waals surface area contributed by atoms with Crippen LogP contribution in [0.3, 0.4) is 0 Å². The van der Waals surface area contributed by atoms with E-state index in [2.05, 4.69) is 4.98 Å². The summed E-state index contributed by atoms with van der Waals surface area (Å²) in [6.45, 7) is 0. The van der Waals surface area contributed by atoms with Crippen LogP contribution in [0.2, 0.25) is 0 Å². The number of hydrogen-bond donors (Lipinski definition) is 1. The summed E-state index contributed by atoms with van der Waals surface area (Å²) in [5, 5.41) is 9.89. The number of benzene rings is 2. The van der Waals surface area contributed by atoms with Crippen LogP contribution in [-0.2, 0) is 4.79 Å². The fourth-order valence-corrected chi connectivity index (χ4v) is 3.43. The van der Waals surface area contributed by atoms with E-state index < -0.39 is 5.97 Å². The monoisotopic (exact) mass is 339 g/mol. The summed E-state index contributed by atoms with van der Waals surface area (Å²) in [5.74, 6) is -0.0433. The van der Waals surface area contributed by atoms with E-state index >= 15 is 0 Å². The molecule has 4 nitrogen and oxygen atoms in total. The molecular weight excluding hydrogens is 322 g/mol. The van der Waals surface area contributed by atoms with E-state index in [0.717, 1.165) is 32.1 Å². The third-order valence-corrected chi connectivity index (χ3v) is 4.72. The summed E-state index contributed by atoms with van der Waals surface area (Å²) >= 11 is 1.58. The minimum Gasteiger partial charge on any atom is -0.497 e. The number of para-hydroxylation sites is 1. The van der Waals surface area contributed by atoms with Gasteiger partial charge in [-0.15, -0.1) is 11.3 Å². The SMILES string of the molecule is COc1cccc(C=C(CCC(=O)O)c2nc3ccccc3s2)c1. The highest BCUT2D eigenvalue weighted by molar-refractivity contribution is 7.19. The largest absolute Gasteiger partial charge is 0.497 e. The van der Waals surface area contributed by atoms with Crippen molar-refractivity contribution in [2.24, 2.45) is 0 Å². The van der Waals surface area contributed by atoms with Crippen molar-refractivity contribution >= 4 is 39.2 Å². The molecule has 0 aliphatic rings. The lowest BCUT2D eigenvalue weighted by Gasteiger charge is -2.05. The third-order valence-electron chi connectivity index (χ3n) is 3.61. The molecule has 24 heavy (non-hydrogen) atoms. The molecule has 0 fully saturated rings. The number of methoxy groups -OCH3 is 1. The van der Waals surface area contributed by atoms with Crippen LogP contribution in [0.5, 0.6) is 5.75 Å². The van der Waals surface area contributed by atoms with Gasteiger partial charge in [0.25, 0.3) is 0 Å². The molecule has 3 aromatic rings. The molecule has 1 heterocycles. The Balaban J connectivity index is 2.01. The van der Waals surface area contributed by atoms with Gasteiger partial charge in [0.1, 0.15) is 10.8 Å². The van der Waals surface area contributed by atoms with E-state index in [1.807, 2.05) is 54.6 Å². The van der Waals surface area contributed by atoms with Gasteiger partial charge in [-0.1, -0.05) is 24.3 Å². The number of fused-ring (bicyclic) bond motifs is 1. The number of hydrogen-bond acceptors (Lipinski definition) is 4. The quantitative estimate of drug-likeness (QED) is 0.706. The average molecular weight is 339 g/mol. The highest BCUT2D eigenvalue weighted by atomic mass is 32.1. The molecule has 3 rings (SSSR count). The molecule has 5 heteroatoms. The van der Waals surface area contributed by atoms with Crippen LogP contribution in [0.4, 0.5) is 0 Å². The van der Waals surface area contributed by atoms with Crippen molar-refractivity contribution in [2.75, 3.05) is 7.11 Å². The number of aromatic nitrogens is 1. The van der Waals surface area contributed by atoms with Gasteiger partial charge in [-0.3, -0.25) is 4.79 Å².